The van der Waals surface area contributed by atoms with Gasteiger partial charge in [0.05, 0.1) is 18.1 Å². The van der Waals surface area contributed by atoms with E-state index in [9.17, 15) is 4.79 Å². The highest BCUT2D eigenvalue weighted by Crippen LogP contribution is 2.16. The molecule has 4 nitrogen and oxygen atoms in total. The Hall–Kier alpha value is -1.03. The number of amides is 1. The molecule has 0 aliphatic rings. The van der Waals surface area contributed by atoms with Crippen LogP contribution in [0, 0.1) is 0 Å². The Morgan fingerprint density at radius 1 is 1.67 bits per heavy atom. The summed E-state index contributed by atoms with van der Waals surface area (Å²) < 4.78 is 1.70. The van der Waals surface area contributed by atoms with Crippen molar-refractivity contribution < 1.29 is 4.79 Å². The van der Waals surface area contributed by atoms with Crippen LogP contribution in [-0.2, 0) is 7.05 Å². The molecule has 0 saturated carbocycles. The van der Waals surface area contributed by atoms with Crippen molar-refractivity contribution in [3.8, 4) is 0 Å². The third-order valence-electron chi connectivity index (χ3n) is 2.58. The monoisotopic (exact) mass is 229 g/mol. The maximum atomic E-state index is 12.0. The summed E-state index contributed by atoms with van der Waals surface area (Å²) in [6, 6.07) is 0. The lowest BCUT2D eigenvalue weighted by Gasteiger charge is -2.33. The van der Waals surface area contributed by atoms with E-state index in [-0.39, 0.29) is 11.4 Å². The minimum absolute atomic E-state index is 0.0688. The average Bonchev–Trinajstić information content (AvgIpc) is 2.62. The third-order valence-corrected chi connectivity index (χ3v) is 3.23. The number of carbonyl (C=O) groups is 1. The van der Waals surface area contributed by atoms with Crippen LogP contribution in [0.3, 0.4) is 0 Å². The minimum atomic E-state index is -0.358. The summed E-state index contributed by atoms with van der Waals surface area (Å²) in [5.41, 5.74) is 0.207. The summed E-state index contributed by atoms with van der Waals surface area (Å²) in [6.45, 7) is 3.85. The fourth-order valence-electron chi connectivity index (χ4n) is 1.10. The van der Waals surface area contributed by atoms with Crippen LogP contribution >= 0.6 is 11.6 Å². The van der Waals surface area contributed by atoms with E-state index in [2.05, 4.69) is 4.98 Å². The van der Waals surface area contributed by atoms with Gasteiger partial charge in [0.1, 0.15) is 5.69 Å². The van der Waals surface area contributed by atoms with Gasteiger partial charge in [-0.25, -0.2) is 4.98 Å². The number of aromatic nitrogens is 2. The Morgan fingerprint density at radius 2 is 2.27 bits per heavy atom. The molecule has 0 spiro atoms. The molecule has 15 heavy (non-hydrogen) atoms. The largest absolute Gasteiger partial charge is 0.334 e. The molecule has 0 bridgehead atoms. The van der Waals surface area contributed by atoms with Crippen LogP contribution in [-0.4, -0.2) is 38.8 Å². The lowest BCUT2D eigenvalue weighted by molar-refractivity contribution is 0.0650. The summed E-state index contributed by atoms with van der Waals surface area (Å²) in [4.78, 5) is 17.6. The highest BCUT2D eigenvalue weighted by atomic mass is 35.5. The number of hydrogen-bond donors (Lipinski definition) is 0. The molecule has 0 N–H and O–H groups in total. The van der Waals surface area contributed by atoms with E-state index in [1.165, 1.54) is 0 Å². The van der Waals surface area contributed by atoms with E-state index in [4.69, 9.17) is 11.6 Å². The fraction of sp³-hybridized carbons (Fsp3) is 0.600. The van der Waals surface area contributed by atoms with Crippen molar-refractivity contribution in [2.45, 2.75) is 19.4 Å². The Balaban J connectivity index is 2.92. The van der Waals surface area contributed by atoms with Crippen LogP contribution in [0.15, 0.2) is 12.5 Å². The van der Waals surface area contributed by atoms with E-state index >= 15 is 0 Å². The van der Waals surface area contributed by atoms with Crippen LogP contribution in [0.25, 0.3) is 0 Å². The number of hydrogen-bond acceptors (Lipinski definition) is 2. The van der Waals surface area contributed by atoms with Gasteiger partial charge in [-0.05, 0) is 13.8 Å². The van der Waals surface area contributed by atoms with Crippen LogP contribution in [0.2, 0.25) is 0 Å². The maximum absolute atomic E-state index is 12.0. The highest BCUT2D eigenvalue weighted by molar-refractivity contribution is 6.18. The van der Waals surface area contributed by atoms with Crippen molar-refractivity contribution in [3.05, 3.63) is 18.2 Å². The molecule has 1 heterocycles. The lowest BCUT2D eigenvalue weighted by atomic mass is 10.1. The molecule has 1 rings (SSSR count). The number of halogens is 1. The number of aryl methyl sites for hydroxylation is 1. The molecule has 0 aliphatic carbocycles. The fourth-order valence-corrected chi connectivity index (χ4v) is 1.28. The van der Waals surface area contributed by atoms with Gasteiger partial charge in [-0.2, -0.15) is 0 Å². The van der Waals surface area contributed by atoms with E-state index in [1.54, 1.807) is 36.1 Å². The van der Waals surface area contributed by atoms with E-state index in [0.717, 1.165) is 0 Å². The maximum Gasteiger partial charge on any atom is 0.272 e. The van der Waals surface area contributed by atoms with Gasteiger partial charge >= 0.3 is 0 Å². The standard InChI is InChI=1S/C10H16ClN3O/c1-10(2,6-11)14(4)9(15)8-5-12-7-13(8)3/h5,7H,6H2,1-4H3. The van der Waals surface area contributed by atoms with Gasteiger partial charge in [-0.15, -0.1) is 11.6 Å². The quantitative estimate of drug-likeness (QED) is 0.737. The summed E-state index contributed by atoms with van der Waals surface area (Å²) in [6.07, 6.45) is 3.16. The molecule has 84 valence electrons. The van der Waals surface area contributed by atoms with Crippen molar-refractivity contribution in [2.24, 2.45) is 7.05 Å². The zero-order valence-corrected chi connectivity index (χ0v) is 10.2. The molecule has 1 amide bonds. The van der Waals surface area contributed by atoms with Crippen LogP contribution in [0.4, 0.5) is 0 Å². The molecule has 0 aromatic carbocycles. The molecule has 0 atom stereocenters. The van der Waals surface area contributed by atoms with Gasteiger partial charge < -0.3 is 9.47 Å². The first kappa shape index (κ1) is 12.0. The smallest absolute Gasteiger partial charge is 0.272 e. The van der Waals surface area contributed by atoms with Gasteiger partial charge in [0.25, 0.3) is 5.91 Å². The topological polar surface area (TPSA) is 38.1 Å². The first-order valence-electron chi connectivity index (χ1n) is 4.70. The Bertz CT molecular complexity index is 359. The summed E-state index contributed by atoms with van der Waals surface area (Å²) in [5.74, 6) is 0.327. The van der Waals surface area contributed by atoms with Crippen molar-refractivity contribution in [2.75, 3.05) is 12.9 Å². The van der Waals surface area contributed by atoms with Crippen LogP contribution in [0.1, 0.15) is 24.3 Å². The number of alkyl halides is 1. The molecule has 0 fully saturated rings. The summed E-state index contributed by atoms with van der Waals surface area (Å²) in [5, 5.41) is 0. The SMILES string of the molecule is CN(C(=O)c1cncn1C)C(C)(C)CCl. The first-order chi connectivity index (χ1) is 6.90. The normalized spacial score (nSPS) is 11.5. The summed E-state index contributed by atoms with van der Waals surface area (Å²) >= 11 is 5.82. The zero-order chi connectivity index (χ0) is 11.6. The second-order valence-electron chi connectivity index (χ2n) is 4.20. The Morgan fingerprint density at radius 3 is 2.67 bits per heavy atom. The third kappa shape index (κ3) is 2.31. The second kappa shape index (κ2) is 4.23. The van der Waals surface area contributed by atoms with Gasteiger partial charge in [-0.3, -0.25) is 4.79 Å². The molecule has 5 heteroatoms. The van der Waals surface area contributed by atoms with E-state index in [1.807, 2.05) is 13.8 Å². The minimum Gasteiger partial charge on any atom is -0.334 e. The Labute approximate surface area is 94.8 Å². The Kier molecular flexibility index (Phi) is 3.39. The second-order valence-corrected chi connectivity index (χ2v) is 4.47. The lowest BCUT2D eigenvalue weighted by Crippen LogP contribution is -2.46. The van der Waals surface area contributed by atoms with Crippen molar-refractivity contribution in [3.63, 3.8) is 0 Å². The van der Waals surface area contributed by atoms with Crippen molar-refractivity contribution in [1.29, 1.82) is 0 Å². The zero-order valence-electron chi connectivity index (χ0n) is 9.49. The molecule has 0 unspecified atom stereocenters. The number of carbonyl (C=O) groups excluding carboxylic acids is 1. The van der Waals surface area contributed by atoms with Gasteiger partial charge in [0.15, 0.2) is 0 Å². The predicted octanol–water partition coefficient (Wildman–Crippen LogP) is 1.51. The van der Waals surface area contributed by atoms with Crippen molar-refractivity contribution >= 4 is 17.5 Å². The van der Waals surface area contributed by atoms with E-state index < -0.39 is 0 Å². The first-order valence-corrected chi connectivity index (χ1v) is 5.24. The predicted molar refractivity (Wildman–Crippen MR) is 60.1 cm³/mol. The summed E-state index contributed by atoms with van der Waals surface area (Å²) in [7, 11) is 3.54. The number of imidazole rings is 1. The highest BCUT2D eigenvalue weighted by Gasteiger charge is 2.28. The molecule has 0 radical (unpaired) electrons. The van der Waals surface area contributed by atoms with Crippen LogP contribution in [0.5, 0.6) is 0 Å². The van der Waals surface area contributed by atoms with E-state index in [0.29, 0.717) is 11.6 Å². The molecule has 0 saturated heterocycles. The molecular weight excluding hydrogens is 214 g/mol. The molecule has 1 aromatic heterocycles. The van der Waals surface area contributed by atoms with Gasteiger partial charge in [0, 0.05) is 20.0 Å². The molecule has 0 aliphatic heterocycles. The average molecular weight is 230 g/mol. The van der Waals surface area contributed by atoms with Crippen molar-refractivity contribution in [1.82, 2.24) is 14.5 Å². The van der Waals surface area contributed by atoms with Gasteiger partial charge in [0.2, 0.25) is 0 Å². The number of nitrogens with zero attached hydrogens (tertiary/aromatic N) is 3. The molecular formula is C10H16ClN3O. The van der Waals surface area contributed by atoms with Crippen LogP contribution < -0.4 is 0 Å². The molecule has 1 aromatic rings. The van der Waals surface area contributed by atoms with Gasteiger partial charge in [-0.1, -0.05) is 0 Å². The number of rotatable bonds is 3.